The molecule has 1 aliphatic rings. The van der Waals surface area contributed by atoms with Crippen LogP contribution in [0.4, 0.5) is 0 Å². The number of carbonyl (C=O) groups is 2. The van der Waals surface area contributed by atoms with Crippen LogP contribution in [-0.2, 0) is 9.53 Å². The Bertz CT molecular complexity index is 1320. The van der Waals surface area contributed by atoms with Gasteiger partial charge >= 0.3 is 5.97 Å². The molecule has 3 aromatic rings. The van der Waals surface area contributed by atoms with Crippen molar-refractivity contribution in [3.8, 4) is 22.6 Å². The molecule has 12 heteroatoms. The number of fused-ring (bicyclic) bond motifs is 1. The second-order valence-corrected chi connectivity index (χ2v) is 7.56. The second kappa shape index (κ2) is 8.76. The number of primary amides is 1. The van der Waals surface area contributed by atoms with Crippen molar-refractivity contribution in [2.45, 2.75) is 30.7 Å². The summed E-state index contributed by atoms with van der Waals surface area (Å²) < 4.78 is 16.1. The summed E-state index contributed by atoms with van der Waals surface area (Å²) in [6, 6.07) is 9.27. The third kappa shape index (κ3) is 4.06. The van der Waals surface area contributed by atoms with Gasteiger partial charge in [0.1, 0.15) is 35.4 Å². The Morgan fingerprint density at radius 1 is 0.971 bits per heavy atom. The summed E-state index contributed by atoms with van der Waals surface area (Å²) in [5, 5.41) is 48.5. The molecule has 1 fully saturated rings. The lowest BCUT2D eigenvalue weighted by Gasteiger charge is -2.38. The van der Waals surface area contributed by atoms with E-state index in [1.807, 2.05) is 0 Å². The Hall–Kier alpha value is -3.97. The molecule has 0 radical (unpaired) electrons. The number of aliphatic hydroxyl groups excluding tert-OH is 3. The molecule has 1 amide bonds. The van der Waals surface area contributed by atoms with Gasteiger partial charge in [-0.05, 0) is 29.8 Å². The van der Waals surface area contributed by atoms with E-state index in [2.05, 4.69) is 0 Å². The summed E-state index contributed by atoms with van der Waals surface area (Å²) in [4.78, 5) is 36.4. The van der Waals surface area contributed by atoms with E-state index in [-0.39, 0.29) is 33.6 Å². The van der Waals surface area contributed by atoms with E-state index in [1.54, 1.807) is 0 Å². The first kappa shape index (κ1) is 23.2. The summed E-state index contributed by atoms with van der Waals surface area (Å²) in [6.45, 7) is 0. The lowest BCUT2D eigenvalue weighted by atomic mass is 9.99. The molecule has 1 saturated heterocycles. The van der Waals surface area contributed by atoms with E-state index < -0.39 is 53.8 Å². The second-order valence-electron chi connectivity index (χ2n) is 7.56. The number of aromatic hydroxyl groups is 1. The van der Waals surface area contributed by atoms with Crippen LogP contribution in [0.1, 0.15) is 10.6 Å². The summed E-state index contributed by atoms with van der Waals surface area (Å²) in [5.41, 5.74) is 4.88. The number of hydrogen-bond acceptors (Lipinski definition) is 10. The number of aliphatic hydroxyl groups is 3. The van der Waals surface area contributed by atoms with Crippen molar-refractivity contribution in [3.05, 3.63) is 58.4 Å². The van der Waals surface area contributed by atoms with Gasteiger partial charge in [0.2, 0.25) is 17.5 Å². The van der Waals surface area contributed by atoms with Crippen molar-refractivity contribution in [1.29, 1.82) is 0 Å². The van der Waals surface area contributed by atoms with E-state index >= 15 is 0 Å². The highest BCUT2D eigenvalue weighted by Gasteiger charge is 2.48. The molecule has 0 aliphatic carbocycles. The third-order valence-corrected chi connectivity index (χ3v) is 5.31. The number of carbonyl (C=O) groups excluding carboxylic acids is 1. The largest absolute Gasteiger partial charge is 0.508 e. The molecular weight excluding hydrogens is 454 g/mol. The minimum absolute atomic E-state index is 0.0457. The molecule has 2 aromatic carbocycles. The van der Waals surface area contributed by atoms with Gasteiger partial charge in [-0.3, -0.25) is 9.59 Å². The summed E-state index contributed by atoms with van der Waals surface area (Å²) in [6.07, 6.45) is -9.11. The number of hydrogen-bond donors (Lipinski definition) is 6. The number of phenols is 1. The fraction of sp³-hybridized carbons (Fsp3) is 0.227. The summed E-state index contributed by atoms with van der Waals surface area (Å²) in [7, 11) is 0. The molecular formula is C22H19NO11. The van der Waals surface area contributed by atoms with Crippen LogP contribution < -0.4 is 15.9 Å². The first-order chi connectivity index (χ1) is 16.1. The van der Waals surface area contributed by atoms with Crippen LogP contribution in [-0.4, -0.2) is 68.1 Å². The number of aliphatic carboxylic acids is 1. The average molecular weight is 473 g/mol. The van der Waals surface area contributed by atoms with Gasteiger partial charge < -0.3 is 45.2 Å². The topological polar surface area (TPSA) is 210 Å². The van der Waals surface area contributed by atoms with Crippen LogP contribution in [0.3, 0.4) is 0 Å². The van der Waals surface area contributed by atoms with E-state index in [0.29, 0.717) is 0 Å². The minimum Gasteiger partial charge on any atom is -0.508 e. The Balaban J connectivity index is 1.74. The number of nitrogens with two attached hydrogens (primary N) is 1. The Morgan fingerprint density at radius 2 is 1.65 bits per heavy atom. The number of amides is 1. The first-order valence-electron chi connectivity index (χ1n) is 9.87. The van der Waals surface area contributed by atoms with Gasteiger partial charge in [0.15, 0.2) is 6.10 Å². The average Bonchev–Trinajstić information content (AvgIpc) is 2.79. The molecule has 1 aliphatic heterocycles. The number of carboxylic acid groups (broad SMARTS) is 1. The molecule has 5 atom stereocenters. The smallest absolute Gasteiger partial charge is 0.335 e. The molecule has 0 saturated carbocycles. The third-order valence-electron chi connectivity index (χ3n) is 5.31. The first-order valence-corrected chi connectivity index (χ1v) is 9.87. The van der Waals surface area contributed by atoms with Crippen molar-refractivity contribution >= 4 is 22.8 Å². The Kier molecular flexibility index (Phi) is 5.98. The molecule has 4 rings (SSSR count). The Labute approximate surface area is 190 Å². The van der Waals surface area contributed by atoms with Crippen LogP contribution >= 0.6 is 0 Å². The van der Waals surface area contributed by atoms with Gasteiger partial charge in [-0.1, -0.05) is 12.1 Å². The van der Waals surface area contributed by atoms with Crippen molar-refractivity contribution < 1.29 is 49.0 Å². The Morgan fingerprint density at radius 3 is 2.26 bits per heavy atom. The number of phenolic OH excluding ortho intramolecular Hbond substituents is 1. The highest BCUT2D eigenvalue weighted by molar-refractivity contribution is 5.99. The predicted octanol–water partition coefficient (Wildman–Crippen LogP) is -0.464. The maximum absolute atomic E-state index is 13.1. The van der Waals surface area contributed by atoms with Gasteiger partial charge in [-0.15, -0.1) is 0 Å². The SMILES string of the molecule is NC(=O)c1oc2cc(O[C@@H]3O[C@H](C(=O)O)[C@@H](O)[C@H](O)[C@H]3O)ccc2c(=O)c1-c1ccc(O)cc1. The number of carboxylic acids is 1. The highest BCUT2D eigenvalue weighted by Crippen LogP contribution is 2.30. The van der Waals surface area contributed by atoms with E-state index in [9.17, 15) is 34.8 Å². The quantitative estimate of drug-likeness (QED) is 0.279. The molecule has 178 valence electrons. The zero-order valence-corrected chi connectivity index (χ0v) is 17.2. The lowest BCUT2D eigenvalue weighted by Crippen LogP contribution is -2.61. The van der Waals surface area contributed by atoms with Crippen molar-refractivity contribution in [2.75, 3.05) is 0 Å². The van der Waals surface area contributed by atoms with Gasteiger partial charge in [0.05, 0.1) is 10.9 Å². The normalized spacial score (nSPS) is 24.6. The van der Waals surface area contributed by atoms with Crippen molar-refractivity contribution in [3.63, 3.8) is 0 Å². The van der Waals surface area contributed by atoms with Crippen LogP contribution in [0.2, 0.25) is 0 Å². The molecule has 2 heterocycles. The van der Waals surface area contributed by atoms with Crippen LogP contribution in [0, 0.1) is 0 Å². The van der Waals surface area contributed by atoms with Gasteiger partial charge in [-0.2, -0.15) is 0 Å². The number of rotatable bonds is 5. The van der Waals surface area contributed by atoms with Gasteiger partial charge in [0.25, 0.3) is 5.91 Å². The molecule has 34 heavy (non-hydrogen) atoms. The molecule has 1 aromatic heterocycles. The monoisotopic (exact) mass is 473 g/mol. The van der Waals surface area contributed by atoms with Crippen molar-refractivity contribution in [2.24, 2.45) is 5.73 Å². The molecule has 7 N–H and O–H groups in total. The number of ether oxygens (including phenoxy) is 2. The maximum Gasteiger partial charge on any atom is 0.335 e. The van der Waals surface area contributed by atoms with E-state index in [0.717, 1.165) is 0 Å². The van der Waals surface area contributed by atoms with Gasteiger partial charge in [-0.25, -0.2) is 4.79 Å². The predicted molar refractivity (Wildman–Crippen MR) is 113 cm³/mol. The molecule has 0 unspecified atom stereocenters. The fourth-order valence-corrected chi connectivity index (χ4v) is 3.59. The summed E-state index contributed by atoms with van der Waals surface area (Å²) >= 11 is 0. The minimum atomic E-state index is -1.89. The molecule has 0 spiro atoms. The standard InChI is InChI=1S/C22H19NO11/c23-20(29)18-13(8-1-3-9(24)4-2-8)14(25)11-6-5-10(7-12(11)33-18)32-22-17(28)15(26)16(27)19(34-22)21(30)31/h1-7,15-17,19,22,24,26-28H,(H2,23,29)(H,30,31)/t15-,16-,17+,19-,22+/m0/s1. The van der Waals surface area contributed by atoms with Gasteiger partial charge in [0, 0.05) is 6.07 Å². The maximum atomic E-state index is 13.1. The number of benzene rings is 2. The van der Waals surface area contributed by atoms with E-state index in [1.165, 1.54) is 42.5 Å². The van der Waals surface area contributed by atoms with Crippen LogP contribution in [0.25, 0.3) is 22.1 Å². The van der Waals surface area contributed by atoms with Crippen molar-refractivity contribution in [1.82, 2.24) is 0 Å². The lowest BCUT2D eigenvalue weighted by molar-refractivity contribution is -0.271. The molecule has 0 bridgehead atoms. The summed E-state index contributed by atoms with van der Waals surface area (Å²) in [5.74, 6) is -3.17. The zero-order valence-electron chi connectivity index (χ0n) is 17.2. The van der Waals surface area contributed by atoms with E-state index in [4.69, 9.17) is 24.7 Å². The fourth-order valence-electron chi connectivity index (χ4n) is 3.59. The highest BCUT2D eigenvalue weighted by atomic mass is 16.7. The zero-order chi connectivity index (χ0) is 24.7. The van der Waals surface area contributed by atoms with Crippen LogP contribution in [0.15, 0.2) is 51.7 Å². The van der Waals surface area contributed by atoms with Crippen LogP contribution in [0.5, 0.6) is 11.5 Å². The molecule has 12 nitrogen and oxygen atoms in total.